The molecule has 126 valence electrons. The van der Waals surface area contributed by atoms with E-state index in [1.165, 1.54) is 12.8 Å². The summed E-state index contributed by atoms with van der Waals surface area (Å²) in [5.41, 5.74) is 0.703. The second kappa shape index (κ2) is 6.38. The molecule has 2 aliphatic rings. The number of anilines is 1. The number of pyridine rings is 1. The average Bonchev–Trinajstić information content (AvgIpc) is 3.17. The van der Waals surface area contributed by atoms with Gasteiger partial charge in [-0.25, -0.2) is 9.78 Å². The van der Waals surface area contributed by atoms with Crippen LogP contribution in [0.4, 0.5) is 10.6 Å². The molecule has 3 rings (SSSR count). The minimum Gasteiger partial charge on any atom is -0.444 e. The Bertz CT molecular complexity index is 562. The van der Waals surface area contributed by atoms with Crippen LogP contribution in [0, 0.1) is 0 Å². The van der Waals surface area contributed by atoms with Crippen LogP contribution < -0.4 is 4.90 Å². The molecule has 1 amide bonds. The van der Waals surface area contributed by atoms with Crippen molar-refractivity contribution in [1.29, 1.82) is 0 Å². The monoisotopic (exact) mass is 317 g/mol. The largest absolute Gasteiger partial charge is 0.444 e. The number of ether oxygens (including phenoxy) is 1. The maximum atomic E-state index is 12.5. The molecular weight excluding hydrogens is 290 g/mol. The van der Waals surface area contributed by atoms with E-state index in [0.29, 0.717) is 0 Å². The molecule has 2 saturated heterocycles. The van der Waals surface area contributed by atoms with Crippen LogP contribution in [0.1, 0.15) is 58.1 Å². The van der Waals surface area contributed by atoms with Gasteiger partial charge in [0, 0.05) is 31.4 Å². The zero-order valence-corrected chi connectivity index (χ0v) is 14.4. The fraction of sp³-hybridized carbons (Fsp3) is 0.667. The summed E-state index contributed by atoms with van der Waals surface area (Å²) in [5.74, 6) is 1.05. The highest BCUT2D eigenvalue weighted by Crippen LogP contribution is 2.37. The number of aromatic nitrogens is 1. The number of hydrogen-bond acceptors (Lipinski definition) is 4. The van der Waals surface area contributed by atoms with Crippen molar-refractivity contribution >= 4 is 11.9 Å². The first-order valence-corrected chi connectivity index (χ1v) is 8.65. The number of nitrogens with zero attached hydrogens (tertiary/aromatic N) is 3. The minimum absolute atomic E-state index is 0.0779. The summed E-state index contributed by atoms with van der Waals surface area (Å²) in [5, 5.41) is 0. The van der Waals surface area contributed by atoms with Gasteiger partial charge in [-0.3, -0.25) is 0 Å². The van der Waals surface area contributed by atoms with Gasteiger partial charge < -0.3 is 14.5 Å². The van der Waals surface area contributed by atoms with Gasteiger partial charge in [0.1, 0.15) is 11.4 Å². The predicted octanol–water partition coefficient (Wildman–Crippen LogP) is 3.75. The van der Waals surface area contributed by atoms with E-state index in [2.05, 4.69) is 16.0 Å². The lowest BCUT2D eigenvalue weighted by Crippen LogP contribution is -2.37. The van der Waals surface area contributed by atoms with Crippen molar-refractivity contribution in [2.45, 2.75) is 58.1 Å². The van der Waals surface area contributed by atoms with Gasteiger partial charge in [0.25, 0.3) is 0 Å². The molecule has 0 bridgehead atoms. The summed E-state index contributed by atoms with van der Waals surface area (Å²) < 4.78 is 5.59. The lowest BCUT2D eigenvalue weighted by atomic mass is 10.1. The third-order valence-electron chi connectivity index (χ3n) is 4.46. The van der Waals surface area contributed by atoms with Crippen molar-refractivity contribution in [2.24, 2.45) is 0 Å². The molecule has 1 atom stereocenters. The van der Waals surface area contributed by atoms with Crippen LogP contribution in [0.15, 0.2) is 18.3 Å². The van der Waals surface area contributed by atoms with E-state index in [4.69, 9.17) is 4.74 Å². The number of carbonyl (C=O) groups excluding carboxylic acids is 1. The molecule has 5 heteroatoms. The molecule has 23 heavy (non-hydrogen) atoms. The highest BCUT2D eigenvalue weighted by molar-refractivity contribution is 5.70. The Hall–Kier alpha value is -1.78. The fourth-order valence-corrected chi connectivity index (χ4v) is 3.49. The van der Waals surface area contributed by atoms with Crippen LogP contribution >= 0.6 is 0 Å². The first-order valence-electron chi connectivity index (χ1n) is 8.65. The zero-order valence-electron chi connectivity index (χ0n) is 14.4. The van der Waals surface area contributed by atoms with Crippen molar-refractivity contribution in [2.75, 3.05) is 24.5 Å². The summed E-state index contributed by atoms with van der Waals surface area (Å²) in [6.07, 6.45) is 6.07. The van der Waals surface area contributed by atoms with E-state index in [-0.39, 0.29) is 12.1 Å². The number of carbonyl (C=O) groups is 1. The maximum absolute atomic E-state index is 12.5. The second-order valence-electron chi connectivity index (χ2n) is 7.44. The van der Waals surface area contributed by atoms with E-state index < -0.39 is 5.60 Å². The molecule has 1 aromatic rings. The van der Waals surface area contributed by atoms with Crippen molar-refractivity contribution < 1.29 is 9.53 Å². The van der Waals surface area contributed by atoms with Crippen molar-refractivity contribution in [3.8, 4) is 0 Å². The zero-order chi connectivity index (χ0) is 16.4. The number of likely N-dealkylation sites (tertiary alicyclic amines) is 1. The van der Waals surface area contributed by atoms with Gasteiger partial charge in [0.2, 0.25) is 0 Å². The van der Waals surface area contributed by atoms with Gasteiger partial charge >= 0.3 is 6.09 Å². The molecule has 1 aromatic heterocycles. The van der Waals surface area contributed by atoms with Crippen molar-refractivity contribution in [1.82, 2.24) is 9.88 Å². The SMILES string of the molecule is CC(C)(C)OC(=O)N1CCC[C@@H]1c1cccnc1N1CCCC1. The summed E-state index contributed by atoms with van der Waals surface area (Å²) in [6, 6.07) is 4.17. The maximum Gasteiger partial charge on any atom is 0.410 e. The van der Waals surface area contributed by atoms with E-state index in [1.807, 2.05) is 37.9 Å². The Morgan fingerprint density at radius 1 is 1.22 bits per heavy atom. The van der Waals surface area contributed by atoms with Crippen LogP contribution in [-0.2, 0) is 4.74 Å². The topological polar surface area (TPSA) is 45.7 Å². The summed E-state index contributed by atoms with van der Waals surface area (Å²) >= 11 is 0. The normalized spacial score (nSPS) is 21.8. The summed E-state index contributed by atoms with van der Waals surface area (Å²) in [6.45, 7) is 8.61. The molecule has 0 N–H and O–H groups in total. The second-order valence-corrected chi connectivity index (χ2v) is 7.44. The van der Waals surface area contributed by atoms with Gasteiger partial charge in [-0.15, -0.1) is 0 Å². The van der Waals surface area contributed by atoms with Crippen LogP contribution in [0.2, 0.25) is 0 Å². The number of rotatable bonds is 2. The molecule has 5 nitrogen and oxygen atoms in total. The molecule has 0 spiro atoms. The Labute approximate surface area is 138 Å². The molecule has 0 unspecified atom stereocenters. The summed E-state index contributed by atoms with van der Waals surface area (Å²) in [7, 11) is 0. The molecule has 2 fully saturated rings. The van der Waals surface area contributed by atoms with E-state index in [1.54, 1.807) is 0 Å². The molecule has 0 saturated carbocycles. The molecule has 3 heterocycles. The van der Waals surface area contributed by atoms with E-state index in [9.17, 15) is 4.79 Å². The Balaban J connectivity index is 1.84. The Morgan fingerprint density at radius 3 is 2.65 bits per heavy atom. The van der Waals surface area contributed by atoms with Crippen LogP contribution in [0.25, 0.3) is 0 Å². The summed E-state index contributed by atoms with van der Waals surface area (Å²) in [4.78, 5) is 21.4. The molecule has 2 aliphatic heterocycles. The highest BCUT2D eigenvalue weighted by Gasteiger charge is 2.35. The van der Waals surface area contributed by atoms with Gasteiger partial charge in [0.05, 0.1) is 6.04 Å². The Morgan fingerprint density at radius 2 is 1.96 bits per heavy atom. The molecule has 0 aromatic carbocycles. The first-order chi connectivity index (χ1) is 11.0. The Kier molecular flexibility index (Phi) is 4.46. The molecule has 0 radical (unpaired) electrons. The minimum atomic E-state index is -0.461. The quantitative estimate of drug-likeness (QED) is 0.833. The fourth-order valence-electron chi connectivity index (χ4n) is 3.49. The first kappa shape index (κ1) is 16.1. The lowest BCUT2D eigenvalue weighted by Gasteiger charge is -2.30. The lowest BCUT2D eigenvalue weighted by molar-refractivity contribution is 0.0224. The van der Waals surface area contributed by atoms with Gasteiger partial charge in [0.15, 0.2) is 0 Å². The van der Waals surface area contributed by atoms with Gasteiger partial charge in [-0.2, -0.15) is 0 Å². The highest BCUT2D eigenvalue weighted by atomic mass is 16.6. The van der Waals surface area contributed by atoms with Crippen LogP contribution in [-0.4, -0.2) is 41.2 Å². The standard InChI is InChI=1S/C18H27N3O2/c1-18(2,3)23-17(22)21-13-7-9-15(21)14-8-6-10-19-16(14)20-11-4-5-12-20/h6,8,10,15H,4-5,7,9,11-13H2,1-3H3/t15-/m1/s1. The smallest absolute Gasteiger partial charge is 0.410 e. The molecule has 0 aliphatic carbocycles. The number of amides is 1. The van der Waals surface area contributed by atoms with Crippen molar-refractivity contribution in [3.63, 3.8) is 0 Å². The van der Waals surface area contributed by atoms with Crippen LogP contribution in [0.5, 0.6) is 0 Å². The van der Waals surface area contributed by atoms with Crippen LogP contribution in [0.3, 0.4) is 0 Å². The third-order valence-corrected chi connectivity index (χ3v) is 4.46. The predicted molar refractivity (Wildman–Crippen MR) is 90.6 cm³/mol. The molecular formula is C18H27N3O2. The number of hydrogen-bond donors (Lipinski definition) is 0. The van der Waals surface area contributed by atoms with E-state index >= 15 is 0 Å². The average molecular weight is 317 g/mol. The van der Waals surface area contributed by atoms with E-state index in [0.717, 1.165) is 43.9 Å². The van der Waals surface area contributed by atoms with Gasteiger partial charge in [-0.1, -0.05) is 6.07 Å². The van der Waals surface area contributed by atoms with Crippen molar-refractivity contribution in [3.05, 3.63) is 23.9 Å². The third kappa shape index (κ3) is 3.59. The van der Waals surface area contributed by atoms with Gasteiger partial charge in [-0.05, 0) is 52.5 Å².